The largest absolute Gasteiger partial charge is 0.496 e. The predicted octanol–water partition coefficient (Wildman–Crippen LogP) is 3.88. The van der Waals surface area contributed by atoms with Gasteiger partial charge in [-0.3, -0.25) is 4.98 Å². The number of aliphatic hydroxyl groups excluding tert-OH is 1. The van der Waals surface area contributed by atoms with Gasteiger partial charge in [0.25, 0.3) is 0 Å². The molecule has 1 N–H and O–H groups in total. The second kappa shape index (κ2) is 6.54. The third-order valence-electron chi connectivity index (χ3n) is 3.46. The average molecular weight is 354 g/mol. The predicted molar refractivity (Wildman–Crippen MR) is 83.0 cm³/mol. The van der Waals surface area contributed by atoms with Crippen LogP contribution in [0, 0.1) is 19.7 Å². The lowest BCUT2D eigenvalue weighted by atomic mass is 10.0. The minimum atomic E-state index is -0.814. The molecule has 1 aromatic heterocycles. The molecule has 0 fully saturated rings. The fourth-order valence-corrected chi connectivity index (χ4v) is 2.54. The molecule has 21 heavy (non-hydrogen) atoms. The Balaban J connectivity index is 2.27. The van der Waals surface area contributed by atoms with E-state index in [4.69, 9.17) is 4.74 Å². The molecular formula is C16H17BrFNO2. The molecule has 112 valence electrons. The molecule has 2 rings (SSSR count). The Labute approximate surface area is 131 Å². The maximum absolute atomic E-state index is 13.5. The van der Waals surface area contributed by atoms with Crippen LogP contribution in [0.1, 0.15) is 28.5 Å². The van der Waals surface area contributed by atoms with Gasteiger partial charge in [-0.25, -0.2) is 4.39 Å². The molecule has 0 aliphatic heterocycles. The number of halogens is 2. The van der Waals surface area contributed by atoms with Gasteiger partial charge in [0.2, 0.25) is 0 Å². The molecule has 0 amide bonds. The van der Waals surface area contributed by atoms with Crippen LogP contribution in [-0.2, 0) is 6.42 Å². The maximum Gasteiger partial charge on any atom is 0.137 e. The Morgan fingerprint density at radius 2 is 2.10 bits per heavy atom. The highest BCUT2D eigenvalue weighted by Gasteiger charge is 2.16. The van der Waals surface area contributed by atoms with Crippen molar-refractivity contribution in [2.24, 2.45) is 0 Å². The van der Waals surface area contributed by atoms with Crippen LogP contribution >= 0.6 is 15.9 Å². The summed E-state index contributed by atoms with van der Waals surface area (Å²) in [6.07, 6.45) is 1.21. The standard InChI is InChI=1S/C16H17BrFNO2/c1-9-8-19-14(10(2)16(9)21-3)7-15(20)11-4-5-12(17)13(18)6-11/h4-6,8,15,20H,7H2,1-3H3. The molecule has 3 nitrogen and oxygen atoms in total. The zero-order valence-corrected chi connectivity index (χ0v) is 13.7. The van der Waals surface area contributed by atoms with E-state index in [0.29, 0.717) is 16.5 Å². The molecule has 2 aromatic rings. The number of hydrogen-bond donors (Lipinski definition) is 1. The summed E-state index contributed by atoms with van der Waals surface area (Å²) in [7, 11) is 1.61. The molecular weight excluding hydrogens is 337 g/mol. The van der Waals surface area contributed by atoms with Gasteiger partial charge in [-0.05, 0) is 47.5 Å². The summed E-state index contributed by atoms with van der Waals surface area (Å²) in [4.78, 5) is 4.35. The van der Waals surface area contributed by atoms with E-state index in [-0.39, 0.29) is 0 Å². The number of benzene rings is 1. The third kappa shape index (κ3) is 3.41. The number of pyridine rings is 1. The van der Waals surface area contributed by atoms with Crippen LogP contribution in [0.15, 0.2) is 28.9 Å². The Bertz CT molecular complexity index is 661. The Hall–Kier alpha value is -1.46. The minimum absolute atomic E-state index is 0.309. The lowest BCUT2D eigenvalue weighted by Gasteiger charge is -2.15. The summed E-state index contributed by atoms with van der Waals surface area (Å²) in [5.41, 5.74) is 3.11. The first kappa shape index (κ1) is 15.9. The fourth-order valence-electron chi connectivity index (χ4n) is 2.30. The number of aliphatic hydroxyl groups is 1. The number of ether oxygens (including phenoxy) is 1. The van der Waals surface area contributed by atoms with Crippen molar-refractivity contribution in [2.75, 3.05) is 7.11 Å². The van der Waals surface area contributed by atoms with Crippen molar-refractivity contribution < 1.29 is 14.2 Å². The SMILES string of the molecule is COc1c(C)cnc(CC(O)c2ccc(Br)c(F)c2)c1C. The van der Waals surface area contributed by atoms with Crippen LogP contribution in [0.4, 0.5) is 4.39 Å². The van der Waals surface area contributed by atoms with Crippen molar-refractivity contribution in [1.82, 2.24) is 4.98 Å². The molecule has 0 saturated carbocycles. The Morgan fingerprint density at radius 1 is 1.38 bits per heavy atom. The molecule has 0 bridgehead atoms. The lowest BCUT2D eigenvalue weighted by Crippen LogP contribution is -2.07. The highest BCUT2D eigenvalue weighted by Crippen LogP contribution is 2.28. The lowest BCUT2D eigenvalue weighted by molar-refractivity contribution is 0.176. The van der Waals surface area contributed by atoms with E-state index in [9.17, 15) is 9.50 Å². The van der Waals surface area contributed by atoms with Gasteiger partial charge in [-0.15, -0.1) is 0 Å². The van der Waals surface area contributed by atoms with Gasteiger partial charge in [0, 0.05) is 29.4 Å². The van der Waals surface area contributed by atoms with E-state index in [2.05, 4.69) is 20.9 Å². The second-order valence-corrected chi connectivity index (χ2v) is 5.79. The summed E-state index contributed by atoms with van der Waals surface area (Å²) in [5.74, 6) is 0.381. The van der Waals surface area contributed by atoms with Crippen LogP contribution < -0.4 is 4.74 Å². The zero-order valence-electron chi connectivity index (χ0n) is 12.2. The normalized spacial score (nSPS) is 12.3. The van der Waals surface area contributed by atoms with Gasteiger partial charge >= 0.3 is 0 Å². The molecule has 0 aliphatic carbocycles. The number of nitrogens with zero attached hydrogens (tertiary/aromatic N) is 1. The maximum atomic E-state index is 13.5. The van der Waals surface area contributed by atoms with E-state index in [0.717, 1.165) is 22.6 Å². The molecule has 1 atom stereocenters. The van der Waals surface area contributed by atoms with Gasteiger partial charge in [0.05, 0.1) is 17.7 Å². The Morgan fingerprint density at radius 3 is 2.71 bits per heavy atom. The average Bonchev–Trinajstić information content (AvgIpc) is 2.45. The van der Waals surface area contributed by atoms with Crippen molar-refractivity contribution in [3.05, 3.63) is 57.1 Å². The van der Waals surface area contributed by atoms with Crippen molar-refractivity contribution >= 4 is 15.9 Å². The monoisotopic (exact) mass is 353 g/mol. The number of rotatable bonds is 4. The van der Waals surface area contributed by atoms with Gasteiger partial charge in [-0.2, -0.15) is 0 Å². The first-order valence-electron chi connectivity index (χ1n) is 6.56. The highest BCUT2D eigenvalue weighted by atomic mass is 79.9. The van der Waals surface area contributed by atoms with Crippen molar-refractivity contribution in [1.29, 1.82) is 0 Å². The van der Waals surface area contributed by atoms with Crippen molar-refractivity contribution in [3.8, 4) is 5.75 Å². The smallest absolute Gasteiger partial charge is 0.137 e. The van der Waals surface area contributed by atoms with E-state index >= 15 is 0 Å². The molecule has 1 unspecified atom stereocenters. The fraction of sp³-hybridized carbons (Fsp3) is 0.312. The van der Waals surface area contributed by atoms with Crippen molar-refractivity contribution in [2.45, 2.75) is 26.4 Å². The van der Waals surface area contributed by atoms with Crippen LogP contribution in [-0.4, -0.2) is 17.2 Å². The Kier molecular flexibility index (Phi) is 4.96. The summed E-state index contributed by atoms with van der Waals surface area (Å²) in [6.45, 7) is 3.83. The molecule has 0 radical (unpaired) electrons. The first-order chi connectivity index (χ1) is 9.93. The molecule has 0 aliphatic rings. The van der Waals surface area contributed by atoms with E-state index < -0.39 is 11.9 Å². The minimum Gasteiger partial charge on any atom is -0.496 e. The number of aryl methyl sites for hydroxylation is 1. The molecule has 0 saturated heterocycles. The summed E-state index contributed by atoms with van der Waals surface area (Å²) in [6, 6.07) is 4.61. The molecule has 5 heteroatoms. The van der Waals surface area contributed by atoms with E-state index in [1.54, 1.807) is 25.4 Å². The topological polar surface area (TPSA) is 42.4 Å². The third-order valence-corrected chi connectivity index (χ3v) is 4.11. The summed E-state index contributed by atoms with van der Waals surface area (Å²) >= 11 is 3.10. The quantitative estimate of drug-likeness (QED) is 0.906. The number of aromatic nitrogens is 1. The van der Waals surface area contributed by atoms with E-state index in [1.165, 1.54) is 6.07 Å². The molecule has 0 spiro atoms. The van der Waals surface area contributed by atoms with Gasteiger partial charge in [0.1, 0.15) is 11.6 Å². The van der Waals surface area contributed by atoms with E-state index in [1.807, 2.05) is 13.8 Å². The molecule has 1 aromatic carbocycles. The van der Waals surface area contributed by atoms with Crippen LogP contribution in [0.2, 0.25) is 0 Å². The molecule has 1 heterocycles. The van der Waals surface area contributed by atoms with Gasteiger partial charge in [0.15, 0.2) is 0 Å². The van der Waals surface area contributed by atoms with Crippen molar-refractivity contribution in [3.63, 3.8) is 0 Å². The van der Waals surface area contributed by atoms with Crippen LogP contribution in [0.25, 0.3) is 0 Å². The summed E-state index contributed by atoms with van der Waals surface area (Å²) in [5, 5.41) is 10.3. The number of methoxy groups -OCH3 is 1. The van der Waals surface area contributed by atoms with Crippen LogP contribution in [0.3, 0.4) is 0 Å². The number of hydrogen-bond acceptors (Lipinski definition) is 3. The zero-order chi connectivity index (χ0) is 15.6. The van der Waals surface area contributed by atoms with Gasteiger partial charge < -0.3 is 9.84 Å². The van der Waals surface area contributed by atoms with Crippen LogP contribution in [0.5, 0.6) is 5.75 Å². The first-order valence-corrected chi connectivity index (χ1v) is 7.35. The summed E-state index contributed by atoms with van der Waals surface area (Å²) < 4.78 is 19.3. The second-order valence-electron chi connectivity index (χ2n) is 4.94. The highest BCUT2D eigenvalue weighted by molar-refractivity contribution is 9.10. The van der Waals surface area contributed by atoms with Gasteiger partial charge in [-0.1, -0.05) is 6.07 Å².